The fourth-order valence-electron chi connectivity index (χ4n) is 2.90. The van der Waals surface area contributed by atoms with E-state index in [9.17, 15) is 0 Å². The van der Waals surface area contributed by atoms with Crippen molar-refractivity contribution in [3.8, 4) is 0 Å². The molecule has 2 fully saturated rings. The summed E-state index contributed by atoms with van der Waals surface area (Å²) in [6, 6.07) is 0. The molecule has 0 amide bonds. The fraction of sp³-hybridized carbons (Fsp3) is 0.692. The van der Waals surface area contributed by atoms with Crippen LogP contribution in [-0.4, -0.2) is 35.3 Å². The van der Waals surface area contributed by atoms with E-state index in [-0.39, 0.29) is 0 Å². The molecule has 0 saturated carbocycles. The molecular formula is C13H18ClN3O. The Hall–Kier alpha value is -0.870. The molecule has 18 heavy (non-hydrogen) atoms. The first-order chi connectivity index (χ1) is 8.65. The average molecular weight is 268 g/mol. The second-order valence-electron chi connectivity index (χ2n) is 5.42. The molecule has 2 atom stereocenters. The van der Waals surface area contributed by atoms with Crippen molar-refractivity contribution >= 4 is 17.4 Å². The largest absolute Gasteiger partial charge is 0.371 e. The van der Waals surface area contributed by atoms with E-state index in [1.54, 1.807) is 6.33 Å². The Morgan fingerprint density at radius 1 is 1.28 bits per heavy atom. The second-order valence-corrected chi connectivity index (χ2v) is 5.78. The van der Waals surface area contributed by atoms with Crippen LogP contribution in [0, 0.1) is 0 Å². The fourth-order valence-corrected chi connectivity index (χ4v) is 3.25. The zero-order chi connectivity index (χ0) is 12.7. The smallest absolute Gasteiger partial charge is 0.138 e. The average Bonchev–Trinajstić information content (AvgIpc) is 2.67. The van der Waals surface area contributed by atoms with Gasteiger partial charge in [-0.25, -0.2) is 9.97 Å². The SMILES string of the molecule is CC(C)c1c(Cl)ncnc1N1CC2CCC(C1)O2. The van der Waals surface area contributed by atoms with E-state index in [2.05, 4.69) is 28.7 Å². The van der Waals surface area contributed by atoms with E-state index in [0.717, 1.165) is 37.3 Å². The summed E-state index contributed by atoms with van der Waals surface area (Å²) >= 11 is 6.22. The summed E-state index contributed by atoms with van der Waals surface area (Å²) in [4.78, 5) is 10.9. The van der Waals surface area contributed by atoms with Crippen molar-refractivity contribution in [1.82, 2.24) is 9.97 Å². The molecule has 0 aromatic carbocycles. The lowest BCUT2D eigenvalue weighted by atomic mass is 10.1. The number of morpholine rings is 1. The van der Waals surface area contributed by atoms with Crippen molar-refractivity contribution in [2.24, 2.45) is 0 Å². The lowest BCUT2D eigenvalue weighted by Gasteiger charge is -2.34. The Balaban J connectivity index is 1.94. The van der Waals surface area contributed by atoms with Gasteiger partial charge in [-0.1, -0.05) is 25.4 Å². The van der Waals surface area contributed by atoms with Crippen LogP contribution in [0.1, 0.15) is 38.2 Å². The molecule has 2 bridgehead atoms. The predicted molar refractivity (Wildman–Crippen MR) is 71.2 cm³/mol. The normalized spacial score (nSPS) is 27.0. The summed E-state index contributed by atoms with van der Waals surface area (Å²) in [5.41, 5.74) is 1.06. The molecule has 2 saturated heterocycles. The highest BCUT2D eigenvalue weighted by molar-refractivity contribution is 6.30. The quantitative estimate of drug-likeness (QED) is 0.772. The van der Waals surface area contributed by atoms with Crippen molar-refractivity contribution in [2.45, 2.75) is 44.8 Å². The molecule has 2 aliphatic rings. The van der Waals surface area contributed by atoms with Crippen LogP contribution in [0.3, 0.4) is 0 Å². The maximum absolute atomic E-state index is 6.22. The molecule has 4 nitrogen and oxygen atoms in total. The maximum Gasteiger partial charge on any atom is 0.138 e. The molecule has 3 heterocycles. The van der Waals surface area contributed by atoms with Crippen molar-refractivity contribution in [1.29, 1.82) is 0 Å². The molecule has 3 rings (SSSR count). The van der Waals surface area contributed by atoms with Gasteiger partial charge in [-0.2, -0.15) is 0 Å². The van der Waals surface area contributed by atoms with Crippen LogP contribution in [-0.2, 0) is 4.74 Å². The molecule has 1 aromatic heterocycles. The Bertz CT molecular complexity index is 440. The first-order valence-corrected chi connectivity index (χ1v) is 6.93. The van der Waals surface area contributed by atoms with E-state index in [1.807, 2.05) is 0 Å². The number of anilines is 1. The van der Waals surface area contributed by atoms with Crippen molar-refractivity contribution in [3.63, 3.8) is 0 Å². The molecule has 2 aliphatic heterocycles. The lowest BCUT2D eigenvalue weighted by molar-refractivity contribution is 0.0301. The lowest BCUT2D eigenvalue weighted by Crippen LogP contribution is -2.43. The predicted octanol–water partition coefficient (Wildman–Crippen LogP) is 2.62. The van der Waals surface area contributed by atoms with Gasteiger partial charge in [0.05, 0.1) is 12.2 Å². The van der Waals surface area contributed by atoms with Crippen LogP contribution in [0.15, 0.2) is 6.33 Å². The number of rotatable bonds is 2. The van der Waals surface area contributed by atoms with E-state index in [4.69, 9.17) is 16.3 Å². The number of hydrogen-bond acceptors (Lipinski definition) is 4. The minimum Gasteiger partial charge on any atom is -0.371 e. The summed E-state index contributed by atoms with van der Waals surface area (Å²) in [7, 11) is 0. The third kappa shape index (κ3) is 2.08. The van der Waals surface area contributed by atoms with Gasteiger partial charge in [-0.05, 0) is 18.8 Å². The van der Waals surface area contributed by atoms with Gasteiger partial charge in [0.25, 0.3) is 0 Å². The second kappa shape index (κ2) is 4.67. The Kier molecular flexibility index (Phi) is 3.16. The van der Waals surface area contributed by atoms with Gasteiger partial charge < -0.3 is 9.64 Å². The standard InChI is InChI=1S/C13H18ClN3O/c1-8(2)11-12(14)15-7-16-13(11)17-5-9-3-4-10(6-17)18-9/h7-10H,3-6H2,1-2H3. The Labute approximate surface area is 112 Å². The minimum absolute atomic E-state index is 0.328. The zero-order valence-electron chi connectivity index (χ0n) is 10.8. The molecule has 0 N–H and O–H groups in total. The highest BCUT2D eigenvalue weighted by Crippen LogP contribution is 2.34. The number of aromatic nitrogens is 2. The van der Waals surface area contributed by atoms with E-state index < -0.39 is 0 Å². The van der Waals surface area contributed by atoms with Crippen LogP contribution in [0.5, 0.6) is 0 Å². The first kappa shape index (κ1) is 12.2. The number of halogens is 1. The van der Waals surface area contributed by atoms with E-state index in [0.29, 0.717) is 23.3 Å². The highest BCUT2D eigenvalue weighted by Gasteiger charge is 2.35. The third-order valence-corrected chi connectivity index (χ3v) is 4.04. The zero-order valence-corrected chi connectivity index (χ0v) is 11.5. The number of ether oxygens (including phenoxy) is 1. The minimum atomic E-state index is 0.328. The molecule has 98 valence electrons. The molecular weight excluding hydrogens is 250 g/mol. The number of nitrogens with zero attached hydrogens (tertiary/aromatic N) is 3. The monoisotopic (exact) mass is 267 g/mol. The van der Waals surface area contributed by atoms with Crippen molar-refractivity contribution in [3.05, 3.63) is 17.0 Å². The van der Waals surface area contributed by atoms with E-state index in [1.165, 1.54) is 0 Å². The summed E-state index contributed by atoms with van der Waals surface area (Å²) in [5, 5.41) is 0.578. The van der Waals surface area contributed by atoms with Crippen LogP contribution >= 0.6 is 11.6 Å². The van der Waals surface area contributed by atoms with E-state index >= 15 is 0 Å². The van der Waals surface area contributed by atoms with Crippen molar-refractivity contribution in [2.75, 3.05) is 18.0 Å². The highest BCUT2D eigenvalue weighted by atomic mass is 35.5. The van der Waals surface area contributed by atoms with Gasteiger partial charge in [-0.3, -0.25) is 0 Å². The molecule has 0 spiro atoms. The molecule has 1 aromatic rings. The van der Waals surface area contributed by atoms with Gasteiger partial charge >= 0.3 is 0 Å². The van der Waals surface area contributed by atoms with Gasteiger partial charge in [0, 0.05) is 18.7 Å². The number of fused-ring (bicyclic) bond motifs is 2. The van der Waals surface area contributed by atoms with Crippen LogP contribution in [0.4, 0.5) is 5.82 Å². The summed E-state index contributed by atoms with van der Waals surface area (Å²) in [6.45, 7) is 6.10. The molecule has 5 heteroatoms. The van der Waals surface area contributed by atoms with Gasteiger partial charge in [0.2, 0.25) is 0 Å². The van der Waals surface area contributed by atoms with Crippen LogP contribution < -0.4 is 4.90 Å². The third-order valence-electron chi connectivity index (χ3n) is 3.73. The first-order valence-electron chi connectivity index (χ1n) is 6.56. The summed E-state index contributed by atoms with van der Waals surface area (Å²) in [6.07, 6.45) is 4.60. The van der Waals surface area contributed by atoms with Crippen LogP contribution in [0.2, 0.25) is 5.15 Å². The molecule has 0 aliphatic carbocycles. The molecule has 0 radical (unpaired) electrons. The molecule has 2 unspecified atom stereocenters. The Morgan fingerprint density at radius 2 is 1.94 bits per heavy atom. The number of hydrogen-bond donors (Lipinski definition) is 0. The van der Waals surface area contributed by atoms with Gasteiger partial charge in [0.15, 0.2) is 0 Å². The van der Waals surface area contributed by atoms with Gasteiger partial charge in [0.1, 0.15) is 17.3 Å². The summed E-state index contributed by atoms with van der Waals surface area (Å²) < 4.78 is 5.86. The summed E-state index contributed by atoms with van der Waals surface area (Å²) in [5.74, 6) is 1.32. The maximum atomic E-state index is 6.22. The topological polar surface area (TPSA) is 38.2 Å². The van der Waals surface area contributed by atoms with Crippen LogP contribution in [0.25, 0.3) is 0 Å². The Morgan fingerprint density at radius 3 is 2.56 bits per heavy atom. The van der Waals surface area contributed by atoms with Gasteiger partial charge in [-0.15, -0.1) is 0 Å². The van der Waals surface area contributed by atoms with Crippen molar-refractivity contribution < 1.29 is 4.74 Å².